The fourth-order valence-corrected chi connectivity index (χ4v) is 1.62. The average Bonchev–Trinajstić information content (AvgIpc) is 2.27. The van der Waals surface area contributed by atoms with E-state index in [1.807, 2.05) is 4.68 Å². The number of aromatic nitrogens is 2. The summed E-state index contributed by atoms with van der Waals surface area (Å²) in [6.45, 7) is 12.9. The summed E-state index contributed by atoms with van der Waals surface area (Å²) in [5.41, 5.74) is 7.86. The van der Waals surface area contributed by atoms with Crippen LogP contribution >= 0.6 is 0 Å². The smallest absolute Gasteiger partial charge is 0.0738 e. The summed E-state index contributed by atoms with van der Waals surface area (Å²) in [7, 11) is 0. The standard InChI is InChI=1S/C11H21N3/c1-10(2,3)9-8(12)7-13-14(9)11(4,5)6/h7H,12H2,1-6H3. The number of hydrogen-bond acceptors (Lipinski definition) is 2. The van der Waals surface area contributed by atoms with Gasteiger partial charge >= 0.3 is 0 Å². The van der Waals surface area contributed by atoms with E-state index in [0.29, 0.717) is 0 Å². The summed E-state index contributed by atoms with van der Waals surface area (Å²) >= 11 is 0. The molecule has 0 aliphatic carbocycles. The van der Waals surface area contributed by atoms with E-state index in [4.69, 9.17) is 5.73 Å². The van der Waals surface area contributed by atoms with Crippen molar-refractivity contribution in [3.8, 4) is 0 Å². The number of anilines is 1. The molecule has 0 saturated carbocycles. The second-order valence-electron chi connectivity index (χ2n) is 5.78. The van der Waals surface area contributed by atoms with Crippen molar-refractivity contribution in [2.24, 2.45) is 0 Å². The highest BCUT2D eigenvalue weighted by molar-refractivity contribution is 5.45. The maximum Gasteiger partial charge on any atom is 0.0738 e. The lowest BCUT2D eigenvalue weighted by molar-refractivity contribution is 0.323. The van der Waals surface area contributed by atoms with Crippen LogP contribution < -0.4 is 5.73 Å². The molecule has 0 unspecified atom stereocenters. The van der Waals surface area contributed by atoms with E-state index in [9.17, 15) is 0 Å². The van der Waals surface area contributed by atoms with E-state index < -0.39 is 0 Å². The first kappa shape index (κ1) is 11.1. The van der Waals surface area contributed by atoms with Crippen LogP contribution in [0.2, 0.25) is 0 Å². The van der Waals surface area contributed by atoms with Crippen molar-refractivity contribution < 1.29 is 0 Å². The fourth-order valence-electron chi connectivity index (χ4n) is 1.62. The molecule has 0 saturated heterocycles. The highest BCUT2D eigenvalue weighted by Crippen LogP contribution is 2.31. The summed E-state index contributed by atoms with van der Waals surface area (Å²) in [6, 6.07) is 0. The third kappa shape index (κ3) is 1.91. The second kappa shape index (κ2) is 3.01. The molecule has 3 heteroatoms. The second-order valence-corrected chi connectivity index (χ2v) is 5.78. The highest BCUT2D eigenvalue weighted by Gasteiger charge is 2.27. The van der Waals surface area contributed by atoms with Gasteiger partial charge in [0.15, 0.2) is 0 Å². The SMILES string of the molecule is CC(C)(C)c1c(N)cnn1C(C)(C)C. The fraction of sp³-hybridized carbons (Fsp3) is 0.727. The molecule has 0 radical (unpaired) electrons. The van der Waals surface area contributed by atoms with Crippen LogP contribution in [0.4, 0.5) is 5.69 Å². The summed E-state index contributed by atoms with van der Waals surface area (Å²) in [5, 5.41) is 4.35. The van der Waals surface area contributed by atoms with E-state index >= 15 is 0 Å². The quantitative estimate of drug-likeness (QED) is 0.691. The summed E-state index contributed by atoms with van der Waals surface area (Å²) in [5.74, 6) is 0. The van der Waals surface area contributed by atoms with Crippen LogP contribution in [0.1, 0.15) is 47.2 Å². The molecule has 14 heavy (non-hydrogen) atoms. The van der Waals surface area contributed by atoms with Crippen molar-refractivity contribution in [3.63, 3.8) is 0 Å². The predicted octanol–water partition coefficient (Wildman–Crippen LogP) is 2.52. The van der Waals surface area contributed by atoms with Crippen LogP contribution in [0.5, 0.6) is 0 Å². The van der Waals surface area contributed by atoms with Gasteiger partial charge in [-0.25, -0.2) is 0 Å². The van der Waals surface area contributed by atoms with Crippen molar-refractivity contribution in [2.75, 3.05) is 5.73 Å². The van der Waals surface area contributed by atoms with Crippen molar-refractivity contribution in [3.05, 3.63) is 11.9 Å². The molecule has 0 bridgehead atoms. The van der Waals surface area contributed by atoms with Gasteiger partial charge in [0.25, 0.3) is 0 Å². The van der Waals surface area contributed by atoms with Gasteiger partial charge in [0.1, 0.15) is 0 Å². The van der Waals surface area contributed by atoms with Crippen LogP contribution in [-0.2, 0) is 11.0 Å². The Hall–Kier alpha value is -0.990. The molecule has 0 fully saturated rings. The minimum atomic E-state index is -0.0137. The van der Waals surface area contributed by atoms with E-state index in [2.05, 4.69) is 46.6 Å². The summed E-state index contributed by atoms with van der Waals surface area (Å²) in [6.07, 6.45) is 1.74. The molecule has 80 valence electrons. The molecule has 0 amide bonds. The Balaban J connectivity index is 3.35. The Labute approximate surface area is 86.3 Å². The Kier molecular flexibility index (Phi) is 2.38. The van der Waals surface area contributed by atoms with Gasteiger partial charge in [0.2, 0.25) is 0 Å². The maximum absolute atomic E-state index is 5.94. The first-order chi connectivity index (χ1) is 6.14. The summed E-state index contributed by atoms with van der Waals surface area (Å²) in [4.78, 5) is 0. The van der Waals surface area contributed by atoms with Crippen molar-refractivity contribution in [1.82, 2.24) is 9.78 Å². The van der Waals surface area contributed by atoms with Gasteiger partial charge in [-0.2, -0.15) is 5.10 Å². The van der Waals surface area contributed by atoms with Gasteiger partial charge in [-0.15, -0.1) is 0 Å². The first-order valence-electron chi connectivity index (χ1n) is 4.98. The van der Waals surface area contributed by atoms with E-state index in [1.54, 1.807) is 6.20 Å². The normalized spacial score (nSPS) is 13.3. The topological polar surface area (TPSA) is 43.8 Å². The molecule has 0 atom stereocenters. The zero-order valence-corrected chi connectivity index (χ0v) is 10.0. The Bertz CT molecular complexity index is 323. The monoisotopic (exact) mass is 195 g/mol. The number of nitrogens with two attached hydrogens (primary N) is 1. The third-order valence-electron chi connectivity index (χ3n) is 2.14. The van der Waals surface area contributed by atoms with Crippen LogP contribution in [0.3, 0.4) is 0 Å². The van der Waals surface area contributed by atoms with Gasteiger partial charge in [-0.3, -0.25) is 4.68 Å². The molecule has 1 heterocycles. The number of hydrogen-bond donors (Lipinski definition) is 1. The molecule has 3 nitrogen and oxygen atoms in total. The lowest BCUT2D eigenvalue weighted by atomic mass is 9.90. The van der Waals surface area contributed by atoms with Crippen LogP contribution in [0.25, 0.3) is 0 Å². The van der Waals surface area contributed by atoms with E-state index in [1.165, 1.54) is 0 Å². The Morgan fingerprint density at radius 2 is 1.64 bits per heavy atom. The van der Waals surface area contributed by atoms with Gasteiger partial charge < -0.3 is 5.73 Å². The first-order valence-corrected chi connectivity index (χ1v) is 4.98. The molecular weight excluding hydrogens is 174 g/mol. The van der Waals surface area contributed by atoms with E-state index in [-0.39, 0.29) is 11.0 Å². The van der Waals surface area contributed by atoms with Crippen LogP contribution in [0, 0.1) is 0 Å². The molecule has 1 aromatic heterocycles. The zero-order valence-electron chi connectivity index (χ0n) is 10.0. The molecule has 0 aliphatic rings. The van der Waals surface area contributed by atoms with Gasteiger partial charge in [0.05, 0.1) is 23.1 Å². The summed E-state index contributed by atoms with van der Waals surface area (Å²) < 4.78 is 2.02. The lowest BCUT2D eigenvalue weighted by Crippen LogP contribution is -2.30. The lowest BCUT2D eigenvalue weighted by Gasteiger charge is -2.28. The average molecular weight is 195 g/mol. The number of nitrogens with zero attached hydrogens (tertiary/aromatic N) is 2. The Morgan fingerprint density at radius 1 is 1.14 bits per heavy atom. The van der Waals surface area contributed by atoms with Crippen molar-refractivity contribution >= 4 is 5.69 Å². The van der Waals surface area contributed by atoms with Crippen molar-refractivity contribution in [2.45, 2.75) is 52.5 Å². The van der Waals surface area contributed by atoms with Crippen LogP contribution in [-0.4, -0.2) is 9.78 Å². The molecular formula is C11H21N3. The van der Waals surface area contributed by atoms with Gasteiger partial charge in [-0.1, -0.05) is 20.8 Å². The minimum absolute atomic E-state index is 0.0137. The minimum Gasteiger partial charge on any atom is -0.396 e. The zero-order chi connectivity index (χ0) is 11.1. The number of nitrogen functional groups attached to an aromatic ring is 1. The van der Waals surface area contributed by atoms with Gasteiger partial charge in [-0.05, 0) is 20.8 Å². The maximum atomic E-state index is 5.94. The number of rotatable bonds is 0. The molecule has 2 N–H and O–H groups in total. The highest BCUT2D eigenvalue weighted by atomic mass is 15.3. The predicted molar refractivity (Wildman–Crippen MR) is 60.3 cm³/mol. The Morgan fingerprint density at radius 3 is 1.93 bits per heavy atom. The molecule has 0 aliphatic heterocycles. The van der Waals surface area contributed by atoms with Crippen molar-refractivity contribution in [1.29, 1.82) is 0 Å². The van der Waals surface area contributed by atoms with Crippen LogP contribution in [0.15, 0.2) is 6.20 Å². The van der Waals surface area contributed by atoms with E-state index in [0.717, 1.165) is 11.4 Å². The molecule has 0 spiro atoms. The van der Waals surface area contributed by atoms with Gasteiger partial charge in [0, 0.05) is 5.41 Å². The molecule has 0 aromatic carbocycles. The molecule has 1 rings (SSSR count). The third-order valence-corrected chi connectivity index (χ3v) is 2.14. The molecule has 1 aromatic rings. The largest absolute Gasteiger partial charge is 0.396 e.